The number of sulfonamides is 1. The van der Waals surface area contributed by atoms with Gasteiger partial charge >= 0.3 is 0 Å². The summed E-state index contributed by atoms with van der Waals surface area (Å²) in [6, 6.07) is 2.49. The van der Waals surface area contributed by atoms with Crippen molar-refractivity contribution in [2.45, 2.75) is 4.90 Å². The average molecular weight is 305 g/mol. The lowest BCUT2D eigenvalue weighted by Crippen LogP contribution is -2.12. The molecule has 0 aromatic heterocycles. The van der Waals surface area contributed by atoms with Crippen LogP contribution in [0.1, 0.15) is 0 Å². The molecule has 0 heterocycles. The zero-order chi connectivity index (χ0) is 10.2. The quantitative estimate of drug-likeness (QED) is 0.810. The molecule has 1 rings (SSSR count). The summed E-state index contributed by atoms with van der Waals surface area (Å²) in [5.41, 5.74) is 0. The largest absolute Gasteiger partial charge is 0.238 e. The van der Waals surface area contributed by atoms with Gasteiger partial charge in [-0.15, -0.1) is 0 Å². The molecule has 0 aliphatic rings. The summed E-state index contributed by atoms with van der Waals surface area (Å²) in [5, 5.41) is 5.29. The zero-order valence-corrected chi connectivity index (χ0v) is 10.0. The van der Waals surface area contributed by atoms with Gasteiger partial charge in [0.2, 0.25) is 10.0 Å². The molecule has 0 unspecified atom stereocenters. The summed E-state index contributed by atoms with van der Waals surface area (Å²) in [7, 11) is -3.74. The van der Waals surface area contributed by atoms with E-state index >= 15 is 0 Å². The predicted molar refractivity (Wildman–Crippen MR) is 55.5 cm³/mol. The van der Waals surface area contributed by atoms with Crippen LogP contribution in [0.4, 0.5) is 0 Å². The van der Waals surface area contributed by atoms with Crippen molar-refractivity contribution in [1.82, 2.24) is 0 Å². The molecule has 0 spiro atoms. The summed E-state index contributed by atoms with van der Waals surface area (Å²) in [6.45, 7) is 0. The van der Waals surface area contributed by atoms with Crippen molar-refractivity contribution in [3.8, 4) is 0 Å². The highest BCUT2D eigenvalue weighted by atomic mass is 79.9. The van der Waals surface area contributed by atoms with E-state index in [0.29, 0.717) is 4.47 Å². The third-order valence-electron chi connectivity index (χ3n) is 1.29. The highest BCUT2D eigenvalue weighted by Crippen LogP contribution is 2.32. The van der Waals surface area contributed by atoms with E-state index in [0.717, 1.165) is 0 Å². The lowest BCUT2D eigenvalue weighted by molar-refractivity contribution is 0.598. The van der Waals surface area contributed by atoms with Crippen LogP contribution in [-0.4, -0.2) is 8.42 Å². The van der Waals surface area contributed by atoms with Crippen LogP contribution in [0.2, 0.25) is 10.0 Å². The van der Waals surface area contributed by atoms with E-state index in [1.807, 2.05) is 0 Å². The smallest absolute Gasteiger partial charge is 0.225 e. The maximum Gasteiger partial charge on any atom is 0.238 e. The normalized spacial score (nSPS) is 11.7. The van der Waals surface area contributed by atoms with E-state index in [9.17, 15) is 8.42 Å². The average Bonchev–Trinajstić information content (AvgIpc) is 1.97. The Kier molecular flexibility index (Phi) is 3.24. The Labute approximate surface area is 94.0 Å². The lowest BCUT2D eigenvalue weighted by Gasteiger charge is -2.02. The first kappa shape index (κ1) is 11.3. The summed E-state index contributed by atoms with van der Waals surface area (Å²) in [4.78, 5) is -0.0752. The standard InChI is InChI=1S/C6H4BrCl2NO2S/c7-4-1-3(13(10,11)12)2-5(8)6(4)9/h1-2H,(H2,10,11,12). The Morgan fingerprint density at radius 3 is 2.23 bits per heavy atom. The fraction of sp³-hybridized carbons (Fsp3) is 0. The van der Waals surface area contributed by atoms with E-state index < -0.39 is 10.0 Å². The predicted octanol–water partition coefficient (Wildman–Crippen LogP) is 2.40. The van der Waals surface area contributed by atoms with Gasteiger partial charge in [0, 0.05) is 4.47 Å². The van der Waals surface area contributed by atoms with E-state index in [4.69, 9.17) is 28.3 Å². The SMILES string of the molecule is NS(=O)(=O)c1cc(Cl)c(Cl)c(Br)c1. The Balaban J connectivity index is 3.47. The third kappa shape index (κ3) is 2.57. The summed E-state index contributed by atoms with van der Waals surface area (Å²) in [6.07, 6.45) is 0. The second kappa shape index (κ2) is 3.74. The molecule has 7 heteroatoms. The summed E-state index contributed by atoms with van der Waals surface area (Å²) >= 11 is 14.4. The van der Waals surface area contributed by atoms with E-state index in [1.54, 1.807) is 0 Å². The number of hydrogen-bond donors (Lipinski definition) is 1. The molecule has 0 aliphatic heterocycles. The molecule has 0 bridgehead atoms. The van der Waals surface area contributed by atoms with E-state index in [1.165, 1.54) is 12.1 Å². The maximum absolute atomic E-state index is 10.9. The number of benzene rings is 1. The van der Waals surface area contributed by atoms with E-state index in [-0.39, 0.29) is 14.9 Å². The molecule has 0 fully saturated rings. The van der Waals surface area contributed by atoms with Crippen LogP contribution < -0.4 is 5.14 Å². The van der Waals surface area contributed by atoms with Gasteiger partial charge in [-0.3, -0.25) is 0 Å². The molecule has 0 atom stereocenters. The van der Waals surface area contributed by atoms with Crippen molar-refractivity contribution in [3.63, 3.8) is 0 Å². The molecular weight excluding hydrogens is 301 g/mol. The maximum atomic E-state index is 10.9. The minimum Gasteiger partial charge on any atom is -0.225 e. The number of halogens is 3. The van der Waals surface area contributed by atoms with Crippen LogP contribution in [-0.2, 0) is 10.0 Å². The molecule has 1 aromatic rings. The molecule has 0 amide bonds. The third-order valence-corrected chi connectivity index (χ3v) is 3.83. The van der Waals surface area contributed by atoms with Crippen LogP contribution in [0.15, 0.2) is 21.5 Å². The van der Waals surface area contributed by atoms with Crippen molar-refractivity contribution in [1.29, 1.82) is 0 Å². The molecule has 3 nitrogen and oxygen atoms in total. The molecule has 0 radical (unpaired) electrons. The van der Waals surface area contributed by atoms with E-state index in [2.05, 4.69) is 15.9 Å². The van der Waals surface area contributed by atoms with Gasteiger partial charge in [0.05, 0.1) is 14.9 Å². The van der Waals surface area contributed by atoms with Crippen LogP contribution in [0.3, 0.4) is 0 Å². The fourth-order valence-corrected chi connectivity index (χ4v) is 2.38. The first-order valence-corrected chi connectivity index (χ1v) is 6.09. The summed E-state index contributed by atoms with van der Waals surface area (Å²) < 4.78 is 22.2. The van der Waals surface area contributed by atoms with Gasteiger partial charge in [-0.1, -0.05) is 23.2 Å². The van der Waals surface area contributed by atoms with Crippen LogP contribution in [0, 0.1) is 0 Å². The van der Waals surface area contributed by atoms with Gasteiger partial charge in [0.25, 0.3) is 0 Å². The minimum atomic E-state index is -3.74. The first-order chi connectivity index (χ1) is 5.82. The van der Waals surface area contributed by atoms with Crippen LogP contribution >= 0.6 is 39.1 Å². The minimum absolute atomic E-state index is 0.0752. The van der Waals surface area contributed by atoms with Crippen LogP contribution in [0.5, 0.6) is 0 Å². The molecule has 0 saturated carbocycles. The van der Waals surface area contributed by atoms with Crippen molar-refractivity contribution in [3.05, 3.63) is 26.7 Å². The van der Waals surface area contributed by atoms with Crippen molar-refractivity contribution >= 4 is 49.2 Å². The molecular formula is C6H4BrCl2NO2S. The first-order valence-electron chi connectivity index (χ1n) is 2.99. The number of nitrogens with two attached hydrogens (primary N) is 1. The topological polar surface area (TPSA) is 60.2 Å². The summed E-state index contributed by atoms with van der Waals surface area (Å²) in [5.74, 6) is 0. The molecule has 72 valence electrons. The lowest BCUT2D eigenvalue weighted by atomic mass is 10.4. The number of hydrogen-bond acceptors (Lipinski definition) is 2. The van der Waals surface area contributed by atoms with Crippen LogP contribution in [0.25, 0.3) is 0 Å². The monoisotopic (exact) mass is 303 g/mol. The molecule has 2 N–H and O–H groups in total. The second-order valence-electron chi connectivity index (χ2n) is 2.25. The van der Waals surface area contributed by atoms with Gasteiger partial charge in [0.1, 0.15) is 0 Å². The molecule has 0 saturated heterocycles. The molecule has 13 heavy (non-hydrogen) atoms. The van der Waals surface area contributed by atoms with Gasteiger partial charge in [-0.05, 0) is 28.1 Å². The van der Waals surface area contributed by atoms with Crippen molar-refractivity contribution in [2.75, 3.05) is 0 Å². The molecule has 1 aromatic carbocycles. The highest BCUT2D eigenvalue weighted by molar-refractivity contribution is 9.10. The Bertz CT molecular complexity index is 423. The van der Waals surface area contributed by atoms with Gasteiger partial charge in [-0.2, -0.15) is 0 Å². The Morgan fingerprint density at radius 2 is 1.85 bits per heavy atom. The van der Waals surface area contributed by atoms with Crippen molar-refractivity contribution in [2.24, 2.45) is 5.14 Å². The fourth-order valence-electron chi connectivity index (χ4n) is 0.697. The molecule has 0 aliphatic carbocycles. The highest BCUT2D eigenvalue weighted by Gasteiger charge is 2.12. The van der Waals surface area contributed by atoms with Gasteiger partial charge in [-0.25, -0.2) is 13.6 Å². The Morgan fingerprint density at radius 1 is 1.31 bits per heavy atom. The number of rotatable bonds is 1. The van der Waals surface area contributed by atoms with Gasteiger partial charge in [0.15, 0.2) is 0 Å². The van der Waals surface area contributed by atoms with Gasteiger partial charge < -0.3 is 0 Å². The Hall–Kier alpha value is 0.190. The number of primary sulfonamides is 1. The zero-order valence-electron chi connectivity index (χ0n) is 6.09. The van der Waals surface area contributed by atoms with Crippen molar-refractivity contribution < 1.29 is 8.42 Å². The second-order valence-corrected chi connectivity index (χ2v) is 5.45.